The molecule has 8 nitrogen and oxygen atoms in total. The number of nitrogens with zero attached hydrogens (tertiary/aromatic N) is 4. The zero-order valence-electron chi connectivity index (χ0n) is 13.8. The third kappa shape index (κ3) is 3.15. The van der Waals surface area contributed by atoms with Crippen molar-refractivity contribution in [1.29, 1.82) is 0 Å². The summed E-state index contributed by atoms with van der Waals surface area (Å²) >= 11 is 1.46. The molecule has 0 spiro atoms. The van der Waals surface area contributed by atoms with Crippen molar-refractivity contribution in [2.45, 2.75) is 29.8 Å². The van der Waals surface area contributed by atoms with Crippen LogP contribution in [0.1, 0.15) is 29.2 Å². The molecule has 5 rings (SSSR count). The molecule has 132 valence electrons. The fourth-order valence-corrected chi connectivity index (χ4v) is 4.13. The van der Waals surface area contributed by atoms with Gasteiger partial charge in [-0.2, -0.15) is 5.10 Å². The minimum absolute atomic E-state index is 0.0934. The van der Waals surface area contributed by atoms with E-state index >= 15 is 0 Å². The van der Waals surface area contributed by atoms with Gasteiger partial charge >= 0.3 is 0 Å². The Balaban J connectivity index is 1.43. The number of amides is 2. The van der Waals surface area contributed by atoms with Crippen LogP contribution < -0.4 is 0 Å². The summed E-state index contributed by atoms with van der Waals surface area (Å²) in [5.74, 6) is 1.50. The molecule has 0 aromatic carbocycles. The number of aromatic nitrogens is 3. The van der Waals surface area contributed by atoms with E-state index in [4.69, 9.17) is 4.42 Å². The predicted octanol–water partition coefficient (Wildman–Crippen LogP) is 1.38. The maximum atomic E-state index is 12.8. The molecule has 2 aromatic heterocycles. The maximum absolute atomic E-state index is 12.8. The number of carbonyl (C=O) groups excluding carboxylic acids is 2. The first-order valence-electron chi connectivity index (χ1n) is 8.24. The van der Waals surface area contributed by atoms with Gasteiger partial charge in [0.2, 0.25) is 5.91 Å². The number of aromatic amines is 1. The highest BCUT2D eigenvalue weighted by Crippen LogP contribution is 2.29. The van der Waals surface area contributed by atoms with Gasteiger partial charge in [-0.05, 0) is 25.0 Å². The average Bonchev–Trinajstić information content (AvgIpc) is 3.23. The predicted molar refractivity (Wildman–Crippen MR) is 89.8 cm³/mol. The minimum Gasteiger partial charge on any atom is -0.455 e. The molecule has 2 amide bonds. The van der Waals surface area contributed by atoms with Gasteiger partial charge in [-0.3, -0.25) is 14.7 Å². The molecule has 3 fully saturated rings. The average molecular weight is 361 g/mol. The minimum atomic E-state index is -0.143. The van der Waals surface area contributed by atoms with Crippen molar-refractivity contribution in [2.24, 2.45) is 5.92 Å². The summed E-state index contributed by atoms with van der Waals surface area (Å²) in [6.07, 6.45) is 3.26. The van der Waals surface area contributed by atoms with E-state index in [1.54, 1.807) is 21.9 Å². The van der Waals surface area contributed by atoms with Crippen LogP contribution in [0.25, 0.3) is 0 Å². The first-order chi connectivity index (χ1) is 12.1. The Morgan fingerprint density at radius 1 is 1.40 bits per heavy atom. The molecule has 0 aliphatic carbocycles. The highest BCUT2D eigenvalue weighted by molar-refractivity contribution is 7.98. The van der Waals surface area contributed by atoms with Crippen LogP contribution >= 0.6 is 11.8 Å². The van der Waals surface area contributed by atoms with Gasteiger partial charge in [-0.25, -0.2) is 4.98 Å². The van der Waals surface area contributed by atoms with Crippen molar-refractivity contribution in [3.63, 3.8) is 0 Å². The molecule has 9 heteroatoms. The van der Waals surface area contributed by atoms with Crippen LogP contribution in [0.2, 0.25) is 0 Å². The van der Waals surface area contributed by atoms with E-state index in [1.165, 1.54) is 18.1 Å². The molecule has 2 aromatic rings. The number of fused-ring (bicyclic) bond motifs is 4. The Labute approximate surface area is 149 Å². The van der Waals surface area contributed by atoms with Crippen LogP contribution in [-0.4, -0.2) is 63.0 Å². The third-order valence-electron chi connectivity index (χ3n) is 4.87. The van der Waals surface area contributed by atoms with Crippen LogP contribution in [0.5, 0.6) is 0 Å². The number of hydrogen-bond donors (Lipinski definition) is 1. The van der Waals surface area contributed by atoms with Crippen LogP contribution in [0.15, 0.2) is 28.0 Å². The van der Waals surface area contributed by atoms with Crippen molar-refractivity contribution in [3.05, 3.63) is 30.0 Å². The molecule has 3 saturated heterocycles. The Bertz CT molecular complexity index is 775. The zero-order valence-corrected chi connectivity index (χ0v) is 14.7. The molecule has 2 bridgehead atoms. The SMILES string of the molecule is CN1C(=O)[C@H]2CC[C@@H]1CN(C(=O)c1ccc(CSc3ncn[nH]3)o1)C2. The summed E-state index contributed by atoms with van der Waals surface area (Å²) in [7, 11) is 1.83. The lowest BCUT2D eigenvalue weighted by atomic mass is 9.95. The van der Waals surface area contributed by atoms with E-state index in [0.29, 0.717) is 35.5 Å². The fraction of sp³-hybridized carbons (Fsp3) is 0.500. The molecular weight excluding hydrogens is 342 g/mol. The van der Waals surface area contributed by atoms with Crippen molar-refractivity contribution in [3.8, 4) is 0 Å². The summed E-state index contributed by atoms with van der Waals surface area (Å²) in [5.41, 5.74) is 0. The summed E-state index contributed by atoms with van der Waals surface area (Å²) in [5, 5.41) is 7.26. The van der Waals surface area contributed by atoms with Gasteiger partial charge in [0.05, 0.1) is 11.7 Å². The van der Waals surface area contributed by atoms with Gasteiger partial charge < -0.3 is 14.2 Å². The number of nitrogens with one attached hydrogen (secondary N) is 1. The number of piperidine rings is 1. The third-order valence-corrected chi connectivity index (χ3v) is 5.77. The van der Waals surface area contributed by atoms with Crippen LogP contribution in [0.4, 0.5) is 0 Å². The number of H-pyrrole nitrogens is 1. The molecule has 5 heterocycles. The van der Waals surface area contributed by atoms with E-state index in [-0.39, 0.29) is 23.8 Å². The van der Waals surface area contributed by atoms with Crippen LogP contribution in [-0.2, 0) is 10.5 Å². The Hall–Kier alpha value is -2.29. The molecule has 0 saturated carbocycles. The van der Waals surface area contributed by atoms with Crippen LogP contribution in [0, 0.1) is 5.92 Å². The molecule has 0 unspecified atom stereocenters. The van der Waals surface area contributed by atoms with Gasteiger partial charge in [-0.1, -0.05) is 11.8 Å². The van der Waals surface area contributed by atoms with Gasteiger partial charge in [0, 0.05) is 26.2 Å². The molecule has 1 N–H and O–H groups in total. The molecular formula is C16H19N5O3S. The summed E-state index contributed by atoms with van der Waals surface area (Å²) in [6.45, 7) is 1.04. The monoisotopic (exact) mass is 361 g/mol. The second-order valence-electron chi connectivity index (χ2n) is 6.43. The van der Waals surface area contributed by atoms with Crippen molar-refractivity contribution in [1.82, 2.24) is 25.0 Å². The number of likely N-dealkylation sites (N-methyl/N-ethyl adjacent to an activating group) is 1. The van der Waals surface area contributed by atoms with E-state index in [0.717, 1.165) is 12.8 Å². The molecule has 25 heavy (non-hydrogen) atoms. The van der Waals surface area contributed by atoms with Gasteiger partial charge in [0.15, 0.2) is 10.9 Å². The second kappa shape index (κ2) is 6.55. The quantitative estimate of drug-likeness (QED) is 0.827. The second-order valence-corrected chi connectivity index (χ2v) is 7.40. The van der Waals surface area contributed by atoms with Crippen molar-refractivity contribution >= 4 is 23.6 Å². The number of rotatable bonds is 4. The molecule has 3 aliphatic heterocycles. The van der Waals surface area contributed by atoms with E-state index in [2.05, 4.69) is 15.2 Å². The standard InChI is InChI=1S/C16H19N5O3S/c1-20-11-3-2-10(14(20)22)6-21(7-11)15(23)13-5-4-12(24-13)8-25-16-17-9-18-19-16/h4-5,9-11H,2-3,6-8H2,1H3,(H,17,18,19)/t10-,11+/m0/s1. The summed E-state index contributed by atoms with van der Waals surface area (Å²) < 4.78 is 5.71. The summed E-state index contributed by atoms with van der Waals surface area (Å²) in [4.78, 5) is 32.7. The lowest BCUT2D eigenvalue weighted by Crippen LogP contribution is -2.45. The number of hydrogen-bond acceptors (Lipinski definition) is 6. The maximum Gasteiger partial charge on any atom is 0.289 e. The zero-order chi connectivity index (χ0) is 17.4. The van der Waals surface area contributed by atoms with Gasteiger partial charge in [0.1, 0.15) is 12.1 Å². The Morgan fingerprint density at radius 3 is 3.08 bits per heavy atom. The largest absolute Gasteiger partial charge is 0.455 e. The highest BCUT2D eigenvalue weighted by atomic mass is 32.2. The van der Waals surface area contributed by atoms with Gasteiger partial charge in [-0.15, -0.1) is 0 Å². The number of thioether (sulfide) groups is 1. The Kier molecular flexibility index (Phi) is 4.24. The molecule has 3 aliphatic rings. The normalized spacial score (nSPS) is 23.2. The van der Waals surface area contributed by atoms with Crippen molar-refractivity contribution in [2.75, 3.05) is 20.1 Å². The van der Waals surface area contributed by atoms with Crippen LogP contribution in [0.3, 0.4) is 0 Å². The van der Waals surface area contributed by atoms with E-state index in [9.17, 15) is 9.59 Å². The topological polar surface area (TPSA) is 95.3 Å². The van der Waals surface area contributed by atoms with Crippen molar-refractivity contribution < 1.29 is 14.0 Å². The summed E-state index contributed by atoms with van der Waals surface area (Å²) in [6, 6.07) is 3.61. The lowest BCUT2D eigenvalue weighted by molar-refractivity contribution is -0.138. The first-order valence-corrected chi connectivity index (χ1v) is 9.23. The highest BCUT2D eigenvalue weighted by Gasteiger charge is 2.40. The number of carbonyl (C=O) groups is 2. The molecule has 0 radical (unpaired) electrons. The Morgan fingerprint density at radius 2 is 2.28 bits per heavy atom. The first kappa shape index (κ1) is 16.2. The van der Waals surface area contributed by atoms with Gasteiger partial charge in [0.25, 0.3) is 5.91 Å². The van der Waals surface area contributed by atoms with E-state index < -0.39 is 0 Å². The van der Waals surface area contributed by atoms with E-state index in [1.807, 2.05) is 7.05 Å². The number of furan rings is 1. The smallest absolute Gasteiger partial charge is 0.289 e. The lowest BCUT2D eigenvalue weighted by Gasteiger charge is -2.32. The fourth-order valence-electron chi connectivity index (χ4n) is 3.45. The molecule has 2 atom stereocenters.